The van der Waals surface area contributed by atoms with Crippen LogP contribution < -0.4 is 5.32 Å². The van der Waals surface area contributed by atoms with Crippen LogP contribution in [0.3, 0.4) is 0 Å². The maximum atomic E-state index is 12.5. The van der Waals surface area contributed by atoms with E-state index in [1.54, 1.807) is 11.3 Å². The van der Waals surface area contributed by atoms with E-state index >= 15 is 0 Å². The highest BCUT2D eigenvalue weighted by Crippen LogP contribution is 2.16. The first-order valence-corrected chi connectivity index (χ1v) is 8.54. The van der Waals surface area contributed by atoms with Crippen LogP contribution >= 0.6 is 11.3 Å². The Labute approximate surface area is 146 Å². The molecule has 0 aliphatic carbocycles. The van der Waals surface area contributed by atoms with E-state index in [9.17, 15) is 4.79 Å². The highest BCUT2D eigenvalue weighted by atomic mass is 32.1. The number of anilines is 1. The van der Waals surface area contributed by atoms with Crippen LogP contribution in [0.25, 0.3) is 0 Å². The first-order chi connectivity index (χ1) is 11.6. The minimum Gasteiger partial charge on any atom is -0.322 e. The van der Waals surface area contributed by atoms with Crippen LogP contribution in [-0.2, 0) is 0 Å². The van der Waals surface area contributed by atoms with E-state index < -0.39 is 0 Å². The van der Waals surface area contributed by atoms with E-state index in [1.807, 2.05) is 73.8 Å². The van der Waals surface area contributed by atoms with Gasteiger partial charge in [0.1, 0.15) is 0 Å². The number of rotatable bonds is 2. The van der Waals surface area contributed by atoms with Gasteiger partial charge in [0.05, 0.1) is 4.88 Å². The summed E-state index contributed by atoms with van der Waals surface area (Å²) in [5.74, 6) is 6.16. The molecule has 0 aliphatic rings. The van der Waals surface area contributed by atoms with E-state index in [1.165, 1.54) is 0 Å². The van der Waals surface area contributed by atoms with Crippen LogP contribution in [0, 0.1) is 25.7 Å². The number of carbonyl (C=O) groups is 1. The number of hydrogen-bond donors (Lipinski definition) is 1. The Hall–Kier alpha value is -2.83. The molecule has 0 atom stereocenters. The van der Waals surface area contributed by atoms with Crippen LogP contribution in [0.1, 0.15) is 31.9 Å². The quantitative estimate of drug-likeness (QED) is 0.657. The Morgan fingerprint density at radius 3 is 2.62 bits per heavy atom. The van der Waals surface area contributed by atoms with Gasteiger partial charge in [-0.25, -0.2) is 0 Å². The predicted octanol–water partition coefficient (Wildman–Crippen LogP) is 5.02. The summed E-state index contributed by atoms with van der Waals surface area (Å²) in [7, 11) is 0. The zero-order valence-electron chi connectivity index (χ0n) is 13.6. The molecule has 3 aromatic rings. The molecular weight excluding hydrogens is 314 g/mol. The smallest absolute Gasteiger partial charge is 0.255 e. The largest absolute Gasteiger partial charge is 0.322 e. The maximum absolute atomic E-state index is 12.5. The lowest BCUT2D eigenvalue weighted by Crippen LogP contribution is -2.13. The lowest BCUT2D eigenvalue weighted by molar-refractivity contribution is 0.102. The molecule has 0 aliphatic heterocycles. The second kappa shape index (κ2) is 7.16. The number of aryl methyl sites for hydroxylation is 1. The summed E-state index contributed by atoms with van der Waals surface area (Å²) < 4.78 is 0. The summed E-state index contributed by atoms with van der Waals surface area (Å²) in [4.78, 5) is 13.5. The van der Waals surface area contributed by atoms with Crippen molar-refractivity contribution in [2.45, 2.75) is 13.8 Å². The number of nitrogens with one attached hydrogen (secondary N) is 1. The van der Waals surface area contributed by atoms with Crippen molar-refractivity contribution in [1.29, 1.82) is 0 Å². The first kappa shape index (κ1) is 16.0. The molecule has 0 unspecified atom stereocenters. The molecule has 2 aromatic carbocycles. The van der Waals surface area contributed by atoms with Gasteiger partial charge in [0.15, 0.2) is 0 Å². The fraction of sp³-hybridized carbons (Fsp3) is 0.0952. The van der Waals surface area contributed by atoms with Crippen LogP contribution in [-0.4, -0.2) is 5.91 Å². The van der Waals surface area contributed by atoms with Crippen molar-refractivity contribution in [3.05, 3.63) is 87.1 Å². The van der Waals surface area contributed by atoms with Gasteiger partial charge in [0.25, 0.3) is 5.91 Å². The van der Waals surface area contributed by atoms with Gasteiger partial charge >= 0.3 is 0 Å². The van der Waals surface area contributed by atoms with E-state index in [-0.39, 0.29) is 5.91 Å². The van der Waals surface area contributed by atoms with Crippen molar-refractivity contribution in [2.75, 3.05) is 5.32 Å². The third kappa shape index (κ3) is 3.73. The second-order valence-corrected chi connectivity index (χ2v) is 6.46. The van der Waals surface area contributed by atoms with Crippen molar-refractivity contribution in [3.8, 4) is 11.8 Å². The summed E-state index contributed by atoms with van der Waals surface area (Å²) in [5, 5.41) is 4.96. The van der Waals surface area contributed by atoms with Crippen molar-refractivity contribution in [2.24, 2.45) is 0 Å². The third-order valence-corrected chi connectivity index (χ3v) is 4.61. The number of thiophene rings is 1. The molecule has 0 radical (unpaired) electrons. The summed E-state index contributed by atoms with van der Waals surface area (Å²) >= 11 is 1.61. The van der Waals surface area contributed by atoms with Gasteiger partial charge < -0.3 is 5.32 Å². The molecule has 1 heterocycles. The molecule has 0 spiro atoms. The molecule has 3 rings (SSSR count). The summed E-state index contributed by atoms with van der Waals surface area (Å²) in [6.45, 7) is 3.97. The van der Waals surface area contributed by atoms with Crippen molar-refractivity contribution < 1.29 is 4.79 Å². The lowest BCUT2D eigenvalue weighted by Gasteiger charge is -2.09. The third-order valence-electron chi connectivity index (χ3n) is 3.82. The Morgan fingerprint density at radius 2 is 1.83 bits per heavy atom. The summed E-state index contributed by atoms with van der Waals surface area (Å²) in [6.07, 6.45) is 0. The SMILES string of the molecule is Cc1cccc(C(=O)Nc2cccc(C#Cc3cccs3)c2)c1C. The zero-order valence-corrected chi connectivity index (χ0v) is 14.4. The standard InChI is InChI=1S/C21H17NOS/c1-15-6-3-10-20(16(15)2)21(23)22-18-8-4-7-17(14-18)11-12-19-9-5-13-24-19/h3-10,13-14H,1-2H3,(H,22,23). The van der Waals surface area contributed by atoms with Crippen LogP contribution in [0.2, 0.25) is 0 Å². The van der Waals surface area contributed by atoms with Crippen molar-refractivity contribution in [3.63, 3.8) is 0 Å². The van der Waals surface area contributed by atoms with Crippen molar-refractivity contribution in [1.82, 2.24) is 0 Å². The van der Waals surface area contributed by atoms with E-state index in [0.29, 0.717) is 5.56 Å². The molecule has 2 nitrogen and oxygen atoms in total. The van der Waals surface area contributed by atoms with Crippen LogP contribution in [0.5, 0.6) is 0 Å². The fourth-order valence-corrected chi connectivity index (χ4v) is 2.92. The van der Waals surface area contributed by atoms with Gasteiger partial charge in [-0.15, -0.1) is 11.3 Å². The minimum absolute atomic E-state index is 0.0976. The van der Waals surface area contributed by atoms with Crippen LogP contribution in [0.15, 0.2) is 60.0 Å². The molecule has 1 aromatic heterocycles. The lowest BCUT2D eigenvalue weighted by atomic mass is 10.0. The molecule has 1 N–H and O–H groups in total. The number of amides is 1. The molecule has 24 heavy (non-hydrogen) atoms. The molecule has 0 bridgehead atoms. The van der Waals surface area contributed by atoms with Gasteiger partial charge in [-0.3, -0.25) is 4.79 Å². The molecule has 0 saturated carbocycles. The van der Waals surface area contributed by atoms with E-state index in [0.717, 1.165) is 27.3 Å². The number of hydrogen-bond acceptors (Lipinski definition) is 2. The minimum atomic E-state index is -0.0976. The summed E-state index contributed by atoms with van der Waals surface area (Å²) in [5.41, 5.74) is 4.44. The number of carbonyl (C=O) groups excluding carboxylic acids is 1. The van der Waals surface area contributed by atoms with Crippen LogP contribution in [0.4, 0.5) is 5.69 Å². The van der Waals surface area contributed by atoms with Gasteiger partial charge in [-0.2, -0.15) is 0 Å². The van der Waals surface area contributed by atoms with Gasteiger partial charge in [-0.05, 0) is 60.7 Å². The normalized spacial score (nSPS) is 9.92. The average molecular weight is 331 g/mol. The van der Waals surface area contributed by atoms with E-state index in [2.05, 4.69) is 17.2 Å². The Balaban J connectivity index is 1.79. The fourth-order valence-electron chi connectivity index (χ4n) is 2.35. The van der Waals surface area contributed by atoms with Gasteiger partial charge in [-0.1, -0.05) is 36.1 Å². The highest BCUT2D eigenvalue weighted by Gasteiger charge is 2.10. The predicted molar refractivity (Wildman–Crippen MR) is 101 cm³/mol. The van der Waals surface area contributed by atoms with Crippen molar-refractivity contribution >= 4 is 22.9 Å². The average Bonchev–Trinajstić information content (AvgIpc) is 3.09. The number of benzene rings is 2. The topological polar surface area (TPSA) is 29.1 Å². The molecule has 0 fully saturated rings. The maximum Gasteiger partial charge on any atom is 0.255 e. The molecule has 118 valence electrons. The molecular formula is C21H17NOS. The summed E-state index contributed by atoms with van der Waals surface area (Å²) in [6, 6.07) is 17.3. The van der Waals surface area contributed by atoms with Gasteiger partial charge in [0.2, 0.25) is 0 Å². The molecule has 3 heteroatoms. The second-order valence-electron chi connectivity index (χ2n) is 5.51. The zero-order chi connectivity index (χ0) is 16.9. The molecule has 0 saturated heterocycles. The Kier molecular flexibility index (Phi) is 4.79. The Morgan fingerprint density at radius 1 is 1.00 bits per heavy atom. The monoisotopic (exact) mass is 331 g/mol. The Bertz CT molecular complexity index is 930. The first-order valence-electron chi connectivity index (χ1n) is 7.66. The van der Waals surface area contributed by atoms with Gasteiger partial charge in [0, 0.05) is 16.8 Å². The molecule has 1 amide bonds. The van der Waals surface area contributed by atoms with E-state index in [4.69, 9.17) is 0 Å². The highest BCUT2D eigenvalue weighted by molar-refractivity contribution is 7.10.